The molecule has 0 aliphatic carbocycles. The number of ether oxygens (including phenoxy) is 2. The van der Waals surface area contributed by atoms with E-state index in [1.165, 1.54) is 12.0 Å². The van der Waals surface area contributed by atoms with E-state index >= 15 is 0 Å². The molecule has 1 aromatic carbocycles. The number of hydrogen-bond donors (Lipinski definition) is 1. The molecule has 4 nitrogen and oxygen atoms in total. The lowest BCUT2D eigenvalue weighted by Crippen LogP contribution is -2.37. The van der Waals surface area contributed by atoms with Crippen LogP contribution in [-0.4, -0.2) is 45.3 Å². The molecule has 4 heteroatoms. The van der Waals surface area contributed by atoms with E-state index in [1.54, 1.807) is 14.2 Å². The van der Waals surface area contributed by atoms with Crippen LogP contribution in [0.5, 0.6) is 11.5 Å². The molecule has 1 atom stereocenters. The Labute approximate surface area is 128 Å². The van der Waals surface area contributed by atoms with E-state index in [9.17, 15) is 0 Å². The van der Waals surface area contributed by atoms with Gasteiger partial charge in [-0.05, 0) is 31.0 Å². The van der Waals surface area contributed by atoms with Crippen LogP contribution in [-0.2, 0) is 6.54 Å². The summed E-state index contributed by atoms with van der Waals surface area (Å²) in [4.78, 5) is 2.50. The first kappa shape index (κ1) is 16.1. The maximum absolute atomic E-state index is 5.51. The van der Waals surface area contributed by atoms with E-state index in [4.69, 9.17) is 9.47 Å². The maximum Gasteiger partial charge on any atom is 0.127 e. The molecule has 2 rings (SSSR count). The lowest BCUT2D eigenvalue weighted by Gasteiger charge is -2.31. The first-order valence-electron chi connectivity index (χ1n) is 7.74. The number of nitrogens with one attached hydrogen (secondary N) is 1. The summed E-state index contributed by atoms with van der Waals surface area (Å²) >= 11 is 0. The first-order valence-corrected chi connectivity index (χ1v) is 7.74. The van der Waals surface area contributed by atoms with Crippen molar-refractivity contribution >= 4 is 0 Å². The summed E-state index contributed by atoms with van der Waals surface area (Å²) < 4.78 is 10.8. The molecule has 1 aromatic rings. The van der Waals surface area contributed by atoms with Crippen LogP contribution in [0.3, 0.4) is 0 Å². The molecule has 1 saturated heterocycles. The van der Waals surface area contributed by atoms with Gasteiger partial charge in [-0.2, -0.15) is 0 Å². The van der Waals surface area contributed by atoms with Crippen molar-refractivity contribution in [3.8, 4) is 11.5 Å². The van der Waals surface area contributed by atoms with Crippen molar-refractivity contribution in [2.75, 3.05) is 40.4 Å². The highest BCUT2D eigenvalue weighted by Gasteiger charge is 2.30. The van der Waals surface area contributed by atoms with Gasteiger partial charge in [0.05, 0.1) is 14.2 Å². The second-order valence-corrected chi connectivity index (χ2v) is 6.22. The smallest absolute Gasteiger partial charge is 0.127 e. The van der Waals surface area contributed by atoms with E-state index in [0.717, 1.165) is 44.2 Å². The third-order valence-corrected chi connectivity index (χ3v) is 4.40. The number of hydrogen-bond acceptors (Lipinski definition) is 4. The summed E-state index contributed by atoms with van der Waals surface area (Å²) in [5.74, 6) is 1.74. The molecule has 118 valence electrons. The third kappa shape index (κ3) is 4.11. The first-order chi connectivity index (χ1) is 10.1. The predicted molar refractivity (Wildman–Crippen MR) is 86.1 cm³/mol. The molecule has 1 fully saturated rings. The van der Waals surface area contributed by atoms with Crippen LogP contribution in [0.25, 0.3) is 0 Å². The summed E-state index contributed by atoms with van der Waals surface area (Å²) in [7, 11) is 3.40. The van der Waals surface area contributed by atoms with Gasteiger partial charge in [-0.1, -0.05) is 19.9 Å². The normalized spacial score (nSPS) is 21.8. The van der Waals surface area contributed by atoms with Crippen LogP contribution >= 0.6 is 0 Å². The Hall–Kier alpha value is -1.26. The molecule has 0 amide bonds. The van der Waals surface area contributed by atoms with Crippen LogP contribution < -0.4 is 14.8 Å². The quantitative estimate of drug-likeness (QED) is 0.837. The Morgan fingerprint density at radius 2 is 2.10 bits per heavy atom. The minimum absolute atomic E-state index is 0.385. The fourth-order valence-corrected chi connectivity index (χ4v) is 3.05. The molecular weight excluding hydrogens is 264 g/mol. The van der Waals surface area contributed by atoms with Gasteiger partial charge < -0.3 is 14.8 Å². The van der Waals surface area contributed by atoms with Crippen molar-refractivity contribution in [2.24, 2.45) is 5.41 Å². The SMILES string of the molecule is CCN(Cc1ccc(OC)cc1OC)CC1(C)CCNC1. The van der Waals surface area contributed by atoms with Crippen LogP contribution in [0, 0.1) is 5.41 Å². The maximum atomic E-state index is 5.51. The van der Waals surface area contributed by atoms with Crippen LogP contribution in [0.4, 0.5) is 0 Å². The van der Waals surface area contributed by atoms with Gasteiger partial charge in [0.25, 0.3) is 0 Å². The molecule has 0 bridgehead atoms. The average molecular weight is 292 g/mol. The Morgan fingerprint density at radius 3 is 2.67 bits per heavy atom. The van der Waals surface area contributed by atoms with Gasteiger partial charge in [-0.25, -0.2) is 0 Å². The lowest BCUT2D eigenvalue weighted by molar-refractivity contribution is 0.176. The minimum atomic E-state index is 0.385. The van der Waals surface area contributed by atoms with Crippen LogP contribution in [0.15, 0.2) is 18.2 Å². The molecule has 0 spiro atoms. The second kappa shape index (κ2) is 7.14. The zero-order valence-corrected chi connectivity index (χ0v) is 13.7. The fourth-order valence-electron chi connectivity index (χ4n) is 3.05. The second-order valence-electron chi connectivity index (χ2n) is 6.22. The van der Waals surface area contributed by atoms with Gasteiger partial charge >= 0.3 is 0 Å². The Morgan fingerprint density at radius 1 is 1.29 bits per heavy atom. The molecule has 1 aliphatic rings. The average Bonchev–Trinajstić information content (AvgIpc) is 2.93. The molecule has 1 unspecified atom stereocenters. The summed E-state index contributed by atoms with van der Waals surface area (Å²) in [6, 6.07) is 6.07. The van der Waals surface area contributed by atoms with Gasteiger partial charge in [0.1, 0.15) is 11.5 Å². The molecule has 0 saturated carbocycles. The van der Waals surface area contributed by atoms with Crippen molar-refractivity contribution < 1.29 is 9.47 Å². The van der Waals surface area contributed by atoms with Crippen molar-refractivity contribution in [1.82, 2.24) is 10.2 Å². The van der Waals surface area contributed by atoms with E-state index < -0.39 is 0 Å². The van der Waals surface area contributed by atoms with Gasteiger partial charge in [0, 0.05) is 31.3 Å². The van der Waals surface area contributed by atoms with E-state index in [2.05, 4.69) is 30.1 Å². The summed E-state index contributed by atoms with van der Waals surface area (Å²) in [5, 5.41) is 3.48. The summed E-state index contributed by atoms with van der Waals surface area (Å²) in [5.41, 5.74) is 1.60. The largest absolute Gasteiger partial charge is 0.497 e. The number of benzene rings is 1. The molecule has 1 aliphatic heterocycles. The number of rotatable bonds is 7. The number of nitrogens with zero attached hydrogens (tertiary/aromatic N) is 1. The molecular formula is C17H28N2O2. The third-order valence-electron chi connectivity index (χ3n) is 4.40. The molecule has 21 heavy (non-hydrogen) atoms. The highest BCUT2D eigenvalue weighted by molar-refractivity contribution is 5.40. The van der Waals surface area contributed by atoms with Crippen molar-refractivity contribution in [2.45, 2.75) is 26.8 Å². The Bertz CT molecular complexity index is 456. The van der Waals surface area contributed by atoms with Crippen LogP contribution in [0.2, 0.25) is 0 Å². The molecule has 1 heterocycles. The Kier molecular flexibility index (Phi) is 5.48. The van der Waals surface area contributed by atoms with Gasteiger partial charge in [-0.15, -0.1) is 0 Å². The standard InChI is InChI=1S/C17H28N2O2/c1-5-19(13-17(2)8-9-18-12-17)11-14-6-7-15(20-3)10-16(14)21-4/h6-7,10,18H,5,8-9,11-13H2,1-4H3. The number of methoxy groups -OCH3 is 2. The van der Waals surface area contributed by atoms with Gasteiger partial charge in [-0.3, -0.25) is 4.90 Å². The lowest BCUT2D eigenvalue weighted by atomic mass is 9.89. The minimum Gasteiger partial charge on any atom is -0.497 e. The molecule has 0 aromatic heterocycles. The van der Waals surface area contributed by atoms with Crippen molar-refractivity contribution in [3.63, 3.8) is 0 Å². The van der Waals surface area contributed by atoms with Gasteiger partial charge in [0.15, 0.2) is 0 Å². The fraction of sp³-hybridized carbons (Fsp3) is 0.647. The molecule has 1 N–H and O–H groups in total. The van der Waals surface area contributed by atoms with E-state index in [0.29, 0.717) is 5.41 Å². The monoisotopic (exact) mass is 292 g/mol. The van der Waals surface area contributed by atoms with Gasteiger partial charge in [0.2, 0.25) is 0 Å². The summed E-state index contributed by atoms with van der Waals surface area (Å²) in [6.45, 7) is 9.93. The van der Waals surface area contributed by atoms with Crippen LogP contribution in [0.1, 0.15) is 25.8 Å². The van der Waals surface area contributed by atoms with E-state index in [1.807, 2.05) is 12.1 Å². The highest BCUT2D eigenvalue weighted by Crippen LogP contribution is 2.29. The topological polar surface area (TPSA) is 33.7 Å². The Balaban J connectivity index is 2.07. The highest BCUT2D eigenvalue weighted by atomic mass is 16.5. The van der Waals surface area contributed by atoms with E-state index in [-0.39, 0.29) is 0 Å². The zero-order chi connectivity index (χ0) is 15.3. The summed E-state index contributed by atoms with van der Waals surface area (Å²) in [6.07, 6.45) is 1.25. The predicted octanol–water partition coefficient (Wildman–Crippen LogP) is 2.53. The zero-order valence-electron chi connectivity index (χ0n) is 13.7. The molecule has 0 radical (unpaired) electrons. The van der Waals surface area contributed by atoms with Crippen molar-refractivity contribution in [1.29, 1.82) is 0 Å². The van der Waals surface area contributed by atoms with Crippen molar-refractivity contribution in [3.05, 3.63) is 23.8 Å².